The number of amides is 12. The van der Waals surface area contributed by atoms with Crippen molar-refractivity contribution >= 4 is 171 Å². The first-order valence-corrected chi connectivity index (χ1v) is 44.6. The smallest absolute Gasteiger partial charge is 0.321 e. The second-order valence-electron chi connectivity index (χ2n) is 30.9. The van der Waals surface area contributed by atoms with Crippen molar-refractivity contribution in [2.75, 3.05) is 98.5 Å². The fourth-order valence-corrected chi connectivity index (χ4v) is 13.8. The fourth-order valence-electron chi connectivity index (χ4n) is 10.3. The molecule has 0 aromatic carbocycles. The second kappa shape index (κ2) is 67.5. The third-order valence-electron chi connectivity index (χ3n) is 15.7. The van der Waals surface area contributed by atoms with E-state index in [2.05, 4.69) is 63.8 Å². The highest BCUT2D eigenvalue weighted by molar-refractivity contribution is 8.00. The Labute approximate surface area is 730 Å². The third kappa shape index (κ3) is 67.5. The van der Waals surface area contributed by atoms with Gasteiger partial charge in [0.25, 0.3) is 5.91 Å². The van der Waals surface area contributed by atoms with Crippen molar-refractivity contribution in [2.45, 2.75) is 235 Å². The lowest BCUT2D eigenvalue weighted by molar-refractivity contribution is -0.159. The zero-order valence-corrected chi connectivity index (χ0v) is 76.1. The number of Topliss-reactive ketones (excluding diaryl/α,β-unsaturated/α-hetero) is 4. The Morgan fingerprint density at radius 3 is 1.02 bits per heavy atom. The van der Waals surface area contributed by atoms with Gasteiger partial charge in [0.1, 0.15) is 30.3 Å². The molecule has 0 saturated heterocycles. The average Bonchev–Trinajstić information content (AvgIpc) is 0.902. The van der Waals surface area contributed by atoms with E-state index in [-0.39, 0.29) is 226 Å². The van der Waals surface area contributed by atoms with Gasteiger partial charge in [-0.1, -0.05) is 55.4 Å². The van der Waals surface area contributed by atoms with Gasteiger partial charge in [0, 0.05) is 128 Å². The van der Waals surface area contributed by atoms with Gasteiger partial charge >= 0.3 is 29.8 Å². The molecule has 0 rings (SSSR count). The van der Waals surface area contributed by atoms with E-state index in [0.29, 0.717) is 19.3 Å². The van der Waals surface area contributed by atoms with E-state index in [1.165, 1.54) is 51.2 Å². The number of carbonyl (C=O) groups is 21. The molecule has 44 heteroatoms. The van der Waals surface area contributed by atoms with Crippen LogP contribution in [0.15, 0.2) is 0 Å². The number of carboxylic acids is 3. The van der Waals surface area contributed by atoms with Gasteiger partial charge in [-0.15, -0.1) is 35.3 Å². The normalized spacial score (nSPS) is 12.9. The minimum Gasteiger partial charge on any atom is -0.481 e. The molecule has 0 radical (unpaired) electrons. The number of nitrogens with two attached hydrogens (primary N) is 1. The Hall–Kier alpha value is -9.01. The van der Waals surface area contributed by atoms with Gasteiger partial charge in [-0.3, -0.25) is 101 Å². The highest BCUT2D eigenvalue weighted by Gasteiger charge is 2.30. The molecule has 0 saturated carbocycles. The highest BCUT2D eigenvalue weighted by Crippen LogP contribution is 2.18. The van der Waals surface area contributed by atoms with Gasteiger partial charge in [0.2, 0.25) is 65.0 Å². The van der Waals surface area contributed by atoms with Crippen LogP contribution in [0.2, 0.25) is 0 Å². The molecule has 0 spiro atoms. The first-order valence-electron chi connectivity index (χ1n) is 40.0. The molecule has 0 aliphatic carbocycles. The van der Waals surface area contributed by atoms with Crippen LogP contribution in [0.3, 0.4) is 0 Å². The largest absolute Gasteiger partial charge is 0.481 e. The van der Waals surface area contributed by atoms with E-state index >= 15 is 0 Å². The summed E-state index contributed by atoms with van der Waals surface area (Å²) in [5.74, 6) is -11.1. The number of hydrogen-bond donors (Lipinski definition) is 17. The van der Waals surface area contributed by atoms with Crippen molar-refractivity contribution in [1.29, 1.82) is 0 Å². The van der Waals surface area contributed by atoms with Gasteiger partial charge < -0.3 is 99.4 Å². The van der Waals surface area contributed by atoms with Gasteiger partial charge in [-0.05, 0) is 83.0 Å². The maximum Gasteiger partial charge on any atom is 0.321 e. The fraction of sp³-hybridized carbons (Fsp3) is 0.731. The molecule has 0 unspecified atom stereocenters. The molecule has 0 aromatic heterocycles. The summed E-state index contributed by atoms with van der Waals surface area (Å²) >= 11 is 4.45. The van der Waals surface area contributed by atoms with Crippen molar-refractivity contribution in [3.05, 3.63) is 0 Å². The van der Waals surface area contributed by atoms with Crippen LogP contribution in [0.1, 0.15) is 187 Å². The minimum absolute atomic E-state index is 0.00506. The monoisotopic (exact) mass is 1810 g/mol. The number of thioether (sulfide) groups is 4. The summed E-state index contributed by atoms with van der Waals surface area (Å²) in [4.78, 5) is 251. The number of ether oxygens (including phenoxy) is 2. The number of aliphatic hydroxyl groups excluding tert-OH is 1. The quantitative estimate of drug-likeness (QED) is 0.0273. The molecular weight excluding hydrogens is 1680 g/mol. The molecular formula is C78H133N13O27S4. The summed E-state index contributed by atoms with van der Waals surface area (Å²) in [6.45, 7) is 24.1. The van der Waals surface area contributed by atoms with Crippen LogP contribution in [-0.4, -0.2) is 291 Å². The number of carboxylic acid groups (broad SMARTS) is 3. The predicted octanol–water partition coefficient (Wildman–Crippen LogP) is -0.376. The van der Waals surface area contributed by atoms with Crippen molar-refractivity contribution in [3.8, 4) is 0 Å². The Bertz CT molecular complexity index is 3400. The number of esters is 2. The lowest BCUT2D eigenvalue weighted by Gasteiger charge is -2.20. The van der Waals surface area contributed by atoms with Gasteiger partial charge in [-0.2, -0.15) is 11.8 Å². The number of ketones is 4. The van der Waals surface area contributed by atoms with Crippen LogP contribution in [0.5, 0.6) is 0 Å². The SMILES string of the molecule is CC(=O)N[C@@H](CCC(=O)O)C(=O)CC(C)C.CC(=O)N[C@@H](CCC(=O)OCC(=O)N[C@@H](CCCNC(=O)CSC[C@H](NC(C)=O)C(=O)CC(C)C)C(=O)NCCNC(=O)CSC[C@H](N)C(=O)O)C(=O)CC(C)C.CC(=O)N[C@@H](CSCC(=O)NCCC[C@H](NC(=O)CO)C(=O)NCCNC(=O)CSC[C@H](CC(=O)OC(C)(C)C)C(=O)O)C(=O)CC(C)C. The van der Waals surface area contributed by atoms with Crippen LogP contribution < -0.4 is 69.5 Å². The predicted molar refractivity (Wildman–Crippen MR) is 459 cm³/mol. The van der Waals surface area contributed by atoms with E-state index in [0.717, 1.165) is 23.5 Å². The van der Waals surface area contributed by atoms with E-state index < -0.39 is 138 Å². The molecule has 0 bridgehead atoms. The lowest BCUT2D eigenvalue weighted by atomic mass is 9.98. The lowest BCUT2D eigenvalue weighted by Crippen LogP contribution is -2.49. The Morgan fingerprint density at radius 2 is 0.689 bits per heavy atom. The molecule has 0 heterocycles. The standard InChI is InChI=1S/C36H61N7O12S2.C31H53N5O11S2.C11H19NO4/c1-21(2)14-29(46)26(41-23(5)44)9-10-34(51)55-16-31(48)43-27(35(52)40-13-12-39-33(50)19-56-17-25(37)36(53)54)8-7-11-38-32(49)20-57-18-28(42-24(6)45)30(47)15-22(3)4;1-19(2)12-24(39)23(35-20(3)38)16-49-18-26(41)32-9-7-8-22(36-25(40)14-37)29(44)34-11-10-33-27(42)17-48-15-21(30(45)46)13-28(43)47-31(4,5)6;1-7(2)6-10(14)9(12-8(3)13)4-5-11(15)16/h21-22,25-28H,7-20,37H2,1-6H3,(H,38,49)(H,39,50)(H,40,52)(H,41,44)(H,42,45)(H,43,48)(H,53,54);19,21-23,37H,7-18H2,1-6H3,(H,32,41)(H,33,42)(H,34,44)(H,35,38)(H,36,40)(H,45,46);7,9H,4-6H2,1-3H3,(H,12,13)(H,15,16)/t25-,26-,27-,28-;21-,22-,23-;9-/m000/s1. The molecule has 122 heavy (non-hydrogen) atoms. The summed E-state index contributed by atoms with van der Waals surface area (Å²) in [7, 11) is 0. The molecule has 0 aromatic rings. The molecule has 12 amide bonds. The van der Waals surface area contributed by atoms with Crippen LogP contribution in [0.25, 0.3) is 0 Å². The van der Waals surface area contributed by atoms with Crippen LogP contribution in [0, 0.1) is 29.6 Å². The molecule has 8 atom stereocenters. The van der Waals surface area contributed by atoms with Crippen molar-refractivity contribution in [2.24, 2.45) is 35.3 Å². The second-order valence-corrected chi connectivity index (χ2v) is 35.0. The topological polar surface area (TPSA) is 628 Å². The summed E-state index contributed by atoms with van der Waals surface area (Å²) < 4.78 is 10.2. The van der Waals surface area contributed by atoms with E-state index in [9.17, 15) is 106 Å². The molecule has 0 fully saturated rings. The van der Waals surface area contributed by atoms with Gasteiger partial charge in [0.15, 0.2) is 29.7 Å². The minimum atomic E-state index is -1.19. The molecule has 18 N–H and O–H groups in total. The van der Waals surface area contributed by atoms with Crippen LogP contribution in [-0.2, 0) is 110 Å². The Morgan fingerprint density at radius 1 is 0.361 bits per heavy atom. The Balaban J connectivity index is -0.00000198. The summed E-state index contributed by atoms with van der Waals surface area (Å²) in [5, 5.41) is 66.8. The van der Waals surface area contributed by atoms with Crippen molar-refractivity contribution in [1.82, 2.24) is 63.8 Å². The maximum atomic E-state index is 13.1. The third-order valence-corrected chi connectivity index (χ3v) is 19.9. The van der Waals surface area contributed by atoms with E-state index in [1.54, 1.807) is 20.8 Å². The van der Waals surface area contributed by atoms with Crippen LogP contribution in [0.4, 0.5) is 0 Å². The summed E-state index contributed by atoms with van der Waals surface area (Å²) in [6.07, 6.45) is 1.29. The molecule has 0 aliphatic rings. The zero-order chi connectivity index (χ0) is 93.8. The number of aliphatic carboxylic acids is 3. The summed E-state index contributed by atoms with van der Waals surface area (Å²) in [5.41, 5.74) is 4.67. The van der Waals surface area contributed by atoms with E-state index in [1.807, 2.05) is 55.4 Å². The molecule has 696 valence electrons. The van der Waals surface area contributed by atoms with Gasteiger partial charge in [-0.25, -0.2) is 0 Å². The number of hydrogen-bond acceptors (Lipinski definition) is 29. The van der Waals surface area contributed by atoms with Crippen LogP contribution >= 0.6 is 47.0 Å². The van der Waals surface area contributed by atoms with E-state index in [4.69, 9.17) is 30.5 Å². The summed E-state index contributed by atoms with van der Waals surface area (Å²) in [6, 6.07) is -6.23. The zero-order valence-electron chi connectivity index (χ0n) is 72.8. The highest BCUT2D eigenvalue weighted by atomic mass is 32.2. The average molecular weight is 1810 g/mol. The first kappa shape index (κ1) is 117. The number of nitrogens with one attached hydrogen (secondary N) is 12. The first-order chi connectivity index (χ1) is 56.9. The van der Waals surface area contributed by atoms with Gasteiger partial charge in [0.05, 0.1) is 59.5 Å². The number of carbonyl (C=O) groups excluding carboxylic acids is 18. The molecule has 0 aliphatic heterocycles. The Kier molecular flexibility index (Phi) is 64.8. The van der Waals surface area contributed by atoms with Crippen molar-refractivity contribution in [3.63, 3.8) is 0 Å². The van der Waals surface area contributed by atoms with Crippen molar-refractivity contribution < 1.29 is 131 Å². The number of aliphatic hydroxyl groups is 1. The number of rotatable bonds is 63. The molecule has 40 nitrogen and oxygen atoms in total. The maximum absolute atomic E-state index is 13.1.